The van der Waals surface area contributed by atoms with Crippen LogP contribution in [0.25, 0.3) is 15.0 Å². The third-order valence-corrected chi connectivity index (χ3v) is 4.90. The molecule has 1 aromatic heterocycles. The van der Waals surface area contributed by atoms with Gasteiger partial charge >= 0.3 is 0 Å². The number of rotatable bonds is 1. The molecule has 0 aliphatic heterocycles. The van der Waals surface area contributed by atoms with Crippen LogP contribution in [0.15, 0.2) is 66.1 Å². The molecule has 0 amide bonds. The van der Waals surface area contributed by atoms with Gasteiger partial charge in [-0.15, -0.1) is 0 Å². The highest BCUT2D eigenvalue weighted by atomic mass is 32.2. The van der Waals surface area contributed by atoms with Gasteiger partial charge in [-0.25, -0.2) is 0 Å². The predicted octanol–water partition coefficient (Wildman–Crippen LogP) is 4.95. The Kier molecular flexibility index (Phi) is 2.47. The Bertz CT molecular complexity index is 597. The summed E-state index contributed by atoms with van der Waals surface area (Å²) in [4.78, 5) is 1.51. The number of benzene rings is 1. The second-order valence-corrected chi connectivity index (χ2v) is 5.74. The van der Waals surface area contributed by atoms with E-state index >= 15 is 0 Å². The number of fused-ring (bicyclic) bond motifs is 1. The van der Waals surface area contributed by atoms with Crippen molar-refractivity contribution in [3.05, 3.63) is 66.1 Å². The van der Waals surface area contributed by atoms with Gasteiger partial charge in [-0.1, -0.05) is 36.4 Å². The van der Waals surface area contributed by atoms with Crippen molar-refractivity contribution in [2.75, 3.05) is 0 Å². The van der Waals surface area contributed by atoms with Crippen LogP contribution in [0, 0.1) is 0 Å². The number of hydrogen-bond acceptors (Lipinski definition) is 0. The van der Waals surface area contributed by atoms with Crippen molar-refractivity contribution >= 4 is 25.5 Å². The minimum atomic E-state index is 0.178. The molecule has 0 radical (unpaired) electrons. The van der Waals surface area contributed by atoms with Gasteiger partial charge in [-0.05, 0) is 18.2 Å². The first-order valence-corrected chi connectivity index (χ1v) is 6.77. The fourth-order valence-electron chi connectivity index (χ4n) is 1.98. The van der Waals surface area contributed by atoms with E-state index in [1.54, 1.807) is 0 Å². The van der Waals surface area contributed by atoms with E-state index < -0.39 is 0 Å². The van der Waals surface area contributed by atoms with Crippen LogP contribution in [-0.4, -0.2) is 0 Å². The number of allylic oxidation sites excluding steroid dienone is 6. The summed E-state index contributed by atoms with van der Waals surface area (Å²) in [7, 11) is 0.178. The van der Waals surface area contributed by atoms with Crippen molar-refractivity contribution in [3.63, 3.8) is 0 Å². The van der Waals surface area contributed by atoms with E-state index in [2.05, 4.69) is 66.1 Å². The van der Waals surface area contributed by atoms with Crippen LogP contribution in [0.4, 0.5) is 0 Å². The summed E-state index contributed by atoms with van der Waals surface area (Å²) in [5, 5.41) is 3.72. The summed E-state index contributed by atoms with van der Waals surface area (Å²) < 4.78 is 1.47. The van der Waals surface area contributed by atoms with Crippen molar-refractivity contribution in [1.82, 2.24) is 0 Å². The Labute approximate surface area is 98.2 Å². The van der Waals surface area contributed by atoms with Crippen LogP contribution in [0.3, 0.4) is 0 Å². The van der Waals surface area contributed by atoms with Gasteiger partial charge in [0.2, 0.25) is 0 Å². The molecular weight excluding hydrogens is 212 g/mol. The van der Waals surface area contributed by atoms with E-state index in [1.807, 2.05) is 0 Å². The molecule has 1 aromatic carbocycles. The number of hydrogen-bond donors (Lipinski definition) is 0. The smallest absolute Gasteiger partial charge is 0.0753 e. The Morgan fingerprint density at radius 1 is 0.938 bits per heavy atom. The summed E-state index contributed by atoms with van der Waals surface area (Å²) in [5.41, 5.74) is 0. The van der Waals surface area contributed by atoms with E-state index in [1.165, 1.54) is 15.0 Å². The SMILES string of the molecule is C1=CC=C([s+]2ccc3ccccc32)CC=C1. The van der Waals surface area contributed by atoms with Crippen LogP contribution in [0.1, 0.15) is 6.42 Å². The molecular formula is C15H13S+. The first-order valence-electron chi connectivity index (χ1n) is 5.48. The molecule has 0 N–H and O–H groups in total. The van der Waals surface area contributed by atoms with Crippen LogP contribution < -0.4 is 0 Å². The average molecular weight is 225 g/mol. The Morgan fingerprint density at radius 2 is 1.88 bits per heavy atom. The summed E-state index contributed by atoms with van der Waals surface area (Å²) >= 11 is 0. The molecule has 0 nitrogen and oxygen atoms in total. The van der Waals surface area contributed by atoms with Crippen molar-refractivity contribution < 1.29 is 0 Å². The topological polar surface area (TPSA) is 0 Å². The predicted molar refractivity (Wildman–Crippen MR) is 73.6 cm³/mol. The third-order valence-electron chi connectivity index (χ3n) is 2.78. The third kappa shape index (κ3) is 1.63. The van der Waals surface area contributed by atoms with Gasteiger partial charge in [0, 0.05) is 28.3 Å². The van der Waals surface area contributed by atoms with Crippen molar-refractivity contribution in [3.8, 4) is 0 Å². The molecule has 1 atom stereocenters. The number of thiophene rings is 1. The lowest BCUT2D eigenvalue weighted by Crippen LogP contribution is -1.70. The summed E-state index contributed by atoms with van der Waals surface area (Å²) in [5.74, 6) is 0. The van der Waals surface area contributed by atoms with Crippen LogP contribution in [0.2, 0.25) is 0 Å². The summed E-state index contributed by atoms with van der Waals surface area (Å²) in [6, 6.07) is 10.9. The van der Waals surface area contributed by atoms with Gasteiger partial charge in [0.25, 0.3) is 0 Å². The molecule has 3 rings (SSSR count). The maximum Gasteiger partial charge on any atom is 0.186 e. The fourth-order valence-corrected chi connectivity index (χ4v) is 3.99. The zero-order valence-corrected chi connectivity index (χ0v) is 9.78. The van der Waals surface area contributed by atoms with E-state index in [4.69, 9.17) is 0 Å². The molecule has 0 bridgehead atoms. The molecule has 2 aromatic rings. The molecule has 0 saturated carbocycles. The summed E-state index contributed by atoms with van der Waals surface area (Å²) in [6.45, 7) is 0. The standard InChI is InChI=1S/C15H13S/c1-2-4-9-14(8-3-1)16-12-11-13-7-5-6-10-15(13)16/h1-8,10-12H,9H2/q+1. The first kappa shape index (κ1) is 9.61. The summed E-state index contributed by atoms with van der Waals surface area (Å²) in [6.07, 6.45) is 11.9. The van der Waals surface area contributed by atoms with Gasteiger partial charge in [0.1, 0.15) is 5.38 Å². The van der Waals surface area contributed by atoms with E-state index in [9.17, 15) is 0 Å². The monoisotopic (exact) mass is 225 g/mol. The quantitative estimate of drug-likeness (QED) is 0.603. The lowest BCUT2D eigenvalue weighted by Gasteiger charge is -1.92. The minimum Gasteiger partial charge on any atom is -0.0753 e. The molecule has 1 heteroatoms. The Morgan fingerprint density at radius 3 is 2.88 bits per heavy atom. The molecule has 78 valence electrons. The lowest BCUT2D eigenvalue weighted by atomic mass is 10.3. The van der Waals surface area contributed by atoms with Crippen LogP contribution in [0.5, 0.6) is 0 Å². The highest BCUT2D eigenvalue weighted by molar-refractivity contribution is 7.47. The van der Waals surface area contributed by atoms with Crippen LogP contribution >= 0.6 is 10.5 Å². The Balaban J connectivity index is 2.15. The van der Waals surface area contributed by atoms with E-state index in [-0.39, 0.29) is 10.5 Å². The molecule has 1 aliphatic carbocycles. The van der Waals surface area contributed by atoms with Gasteiger partial charge in [-0.2, -0.15) is 0 Å². The molecule has 1 unspecified atom stereocenters. The van der Waals surface area contributed by atoms with E-state index in [0.29, 0.717) is 0 Å². The molecule has 0 fully saturated rings. The minimum absolute atomic E-state index is 0.178. The molecule has 1 aliphatic rings. The largest absolute Gasteiger partial charge is 0.186 e. The fraction of sp³-hybridized carbons (Fsp3) is 0.0667. The molecule has 16 heavy (non-hydrogen) atoms. The molecule has 1 heterocycles. The van der Waals surface area contributed by atoms with Gasteiger partial charge < -0.3 is 0 Å². The molecule has 0 spiro atoms. The second kappa shape index (κ2) is 4.11. The maximum absolute atomic E-state index is 2.34. The van der Waals surface area contributed by atoms with Crippen molar-refractivity contribution in [1.29, 1.82) is 0 Å². The molecule has 0 saturated heterocycles. The lowest BCUT2D eigenvalue weighted by molar-refractivity contribution is 1.49. The second-order valence-electron chi connectivity index (χ2n) is 3.83. The zero-order valence-electron chi connectivity index (χ0n) is 8.97. The average Bonchev–Trinajstić information content (AvgIpc) is 2.57. The van der Waals surface area contributed by atoms with Gasteiger partial charge in [0.15, 0.2) is 9.61 Å². The van der Waals surface area contributed by atoms with Crippen molar-refractivity contribution in [2.24, 2.45) is 0 Å². The van der Waals surface area contributed by atoms with E-state index in [0.717, 1.165) is 6.42 Å². The first-order chi connectivity index (χ1) is 7.95. The zero-order chi connectivity index (χ0) is 10.8. The normalized spacial score (nSPS) is 16.2. The Hall–Kier alpha value is -1.60. The van der Waals surface area contributed by atoms with Crippen LogP contribution in [-0.2, 0) is 0 Å². The maximum atomic E-state index is 2.34. The van der Waals surface area contributed by atoms with Crippen molar-refractivity contribution in [2.45, 2.75) is 6.42 Å². The highest BCUT2D eigenvalue weighted by Crippen LogP contribution is 2.41. The highest BCUT2D eigenvalue weighted by Gasteiger charge is 2.16. The van der Waals surface area contributed by atoms with Gasteiger partial charge in [0.05, 0.1) is 0 Å². The van der Waals surface area contributed by atoms with Gasteiger partial charge in [-0.3, -0.25) is 0 Å².